The second-order valence-corrected chi connectivity index (χ2v) is 7.07. The molecule has 0 aliphatic carbocycles. The normalized spacial score (nSPS) is 14.8. The summed E-state index contributed by atoms with van der Waals surface area (Å²) in [4.78, 5) is 24.2. The molecular weight excluding hydrogens is 380 g/mol. The van der Waals surface area contributed by atoms with Gasteiger partial charge in [-0.05, 0) is 42.3 Å². The number of hydrogen-bond donors (Lipinski definition) is 2. The summed E-state index contributed by atoms with van der Waals surface area (Å²) < 4.78 is 11.3. The van der Waals surface area contributed by atoms with E-state index < -0.39 is 6.10 Å². The predicted molar refractivity (Wildman–Crippen MR) is 115 cm³/mol. The number of anilines is 2. The van der Waals surface area contributed by atoms with Crippen LogP contribution in [0.4, 0.5) is 11.4 Å². The maximum Gasteiger partial charge on any atom is 0.265 e. The second kappa shape index (κ2) is 8.69. The first kappa shape index (κ1) is 19.5. The van der Waals surface area contributed by atoms with E-state index in [-0.39, 0.29) is 18.4 Å². The van der Waals surface area contributed by atoms with E-state index in [1.54, 1.807) is 25.1 Å². The molecule has 152 valence electrons. The monoisotopic (exact) mass is 402 g/mol. The highest BCUT2D eigenvalue weighted by atomic mass is 16.5. The zero-order valence-electron chi connectivity index (χ0n) is 16.6. The summed E-state index contributed by atoms with van der Waals surface area (Å²) in [7, 11) is 0. The van der Waals surface area contributed by atoms with Crippen LogP contribution in [0.25, 0.3) is 0 Å². The summed E-state index contributed by atoms with van der Waals surface area (Å²) in [6, 6.07) is 22.9. The van der Waals surface area contributed by atoms with Gasteiger partial charge in [-0.25, -0.2) is 0 Å². The lowest BCUT2D eigenvalue weighted by molar-refractivity contribution is -0.122. The molecule has 0 radical (unpaired) electrons. The van der Waals surface area contributed by atoms with Crippen LogP contribution in [0.3, 0.4) is 0 Å². The quantitative estimate of drug-likeness (QED) is 0.653. The van der Waals surface area contributed by atoms with Gasteiger partial charge in [0.2, 0.25) is 0 Å². The van der Waals surface area contributed by atoms with Crippen LogP contribution in [-0.2, 0) is 16.0 Å². The Morgan fingerprint density at radius 3 is 2.67 bits per heavy atom. The van der Waals surface area contributed by atoms with Gasteiger partial charge in [-0.15, -0.1) is 0 Å². The first-order valence-electron chi connectivity index (χ1n) is 9.74. The summed E-state index contributed by atoms with van der Waals surface area (Å²) in [5.41, 5.74) is 3.27. The number of carbonyl (C=O) groups excluding carboxylic acids is 2. The van der Waals surface area contributed by atoms with Gasteiger partial charge in [-0.1, -0.05) is 48.5 Å². The van der Waals surface area contributed by atoms with Crippen molar-refractivity contribution in [2.45, 2.75) is 19.4 Å². The molecule has 3 aromatic carbocycles. The topological polar surface area (TPSA) is 76.7 Å². The van der Waals surface area contributed by atoms with Gasteiger partial charge in [-0.2, -0.15) is 0 Å². The van der Waals surface area contributed by atoms with Crippen LogP contribution in [0.5, 0.6) is 11.5 Å². The molecule has 0 unspecified atom stereocenters. The number of amides is 2. The Labute approximate surface area is 174 Å². The van der Waals surface area contributed by atoms with Crippen LogP contribution >= 0.6 is 0 Å². The van der Waals surface area contributed by atoms with E-state index in [0.29, 0.717) is 22.9 Å². The minimum absolute atomic E-state index is 0.122. The van der Waals surface area contributed by atoms with Gasteiger partial charge in [0.05, 0.1) is 5.69 Å². The Morgan fingerprint density at radius 1 is 1.07 bits per heavy atom. The molecule has 6 nitrogen and oxygen atoms in total. The molecule has 0 saturated heterocycles. The molecule has 1 aliphatic rings. The Kier molecular flexibility index (Phi) is 5.66. The molecule has 0 fully saturated rings. The highest BCUT2D eigenvalue weighted by Gasteiger charge is 2.23. The van der Waals surface area contributed by atoms with Crippen LogP contribution in [0, 0.1) is 0 Å². The fourth-order valence-electron chi connectivity index (χ4n) is 3.23. The molecule has 1 heterocycles. The summed E-state index contributed by atoms with van der Waals surface area (Å²) >= 11 is 0. The summed E-state index contributed by atoms with van der Waals surface area (Å²) in [6.07, 6.45) is 0.184. The van der Waals surface area contributed by atoms with E-state index >= 15 is 0 Å². The van der Waals surface area contributed by atoms with Gasteiger partial charge in [0, 0.05) is 12.1 Å². The number of nitrogens with one attached hydrogen (secondary N) is 2. The van der Waals surface area contributed by atoms with Crippen molar-refractivity contribution in [3.63, 3.8) is 0 Å². The third kappa shape index (κ3) is 4.60. The zero-order valence-corrected chi connectivity index (χ0v) is 16.6. The molecule has 1 aliphatic heterocycles. The number of hydrogen-bond acceptors (Lipinski definition) is 4. The molecule has 2 N–H and O–H groups in total. The number of carbonyl (C=O) groups is 2. The van der Waals surface area contributed by atoms with Crippen molar-refractivity contribution in [1.82, 2.24) is 0 Å². The summed E-state index contributed by atoms with van der Waals surface area (Å²) in [6.45, 7) is 1.56. The molecule has 0 saturated carbocycles. The van der Waals surface area contributed by atoms with Gasteiger partial charge in [0.15, 0.2) is 12.7 Å². The van der Waals surface area contributed by atoms with Crippen LogP contribution in [-0.4, -0.2) is 24.5 Å². The average molecular weight is 402 g/mol. The minimum atomic E-state index is -0.540. The summed E-state index contributed by atoms with van der Waals surface area (Å²) in [5.74, 6) is 0.744. The predicted octanol–water partition coefficient (Wildman–Crippen LogP) is 4.01. The number of fused-ring (bicyclic) bond motifs is 1. The van der Waals surface area contributed by atoms with E-state index in [2.05, 4.69) is 22.8 Å². The lowest BCUT2D eigenvalue weighted by atomic mass is 10.0. The molecule has 30 heavy (non-hydrogen) atoms. The maximum atomic E-state index is 12.4. The lowest BCUT2D eigenvalue weighted by Crippen LogP contribution is -2.34. The Hall–Kier alpha value is -3.80. The highest BCUT2D eigenvalue weighted by Crippen LogP contribution is 2.32. The van der Waals surface area contributed by atoms with E-state index in [1.165, 1.54) is 5.56 Å². The molecule has 1 atom stereocenters. The van der Waals surface area contributed by atoms with Crippen molar-refractivity contribution in [3.05, 3.63) is 83.9 Å². The van der Waals surface area contributed by atoms with Crippen LogP contribution < -0.4 is 20.1 Å². The Balaban J connectivity index is 1.38. The SMILES string of the molecule is C[C@@H]1Oc2ccc(NC(=O)COc3ccccc3Cc3ccccc3)cc2NC1=O. The van der Waals surface area contributed by atoms with Gasteiger partial charge in [0.25, 0.3) is 11.8 Å². The van der Waals surface area contributed by atoms with Crippen molar-refractivity contribution >= 4 is 23.2 Å². The first-order valence-corrected chi connectivity index (χ1v) is 9.74. The highest BCUT2D eigenvalue weighted by molar-refractivity contribution is 5.99. The molecule has 0 aromatic heterocycles. The third-order valence-electron chi connectivity index (χ3n) is 4.76. The minimum Gasteiger partial charge on any atom is -0.483 e. The Morgan fingerprint density at radius 2 is 1.83 bits per heavy atom. The number of para-hydroxylation sites is 1. The van der Waals surface area contributed by atoms with Gasteiger partial charge < -0.3 is 20.1 Å². The third-order valence-corrected chi connectivity index (χ3v) is 4.76. The van der Waals surface area contributed by atoms with E-state index in [1.807, 2.05) is 42.5 Å². The van der Waals surface area contributed by atoms with Crippen molar-refractivity contribution in [2.75, 3.05) is 17.2 Å². The van der Waals surface area contributed by atoms with Crippen molar-refractivity contribution < 1.29 is 19.1 Å². The molecule has 2 amide bonds. The fourth-order valence-corrected chi connectivity index (χ4v) is 3.23. The van der Waals surface area contributed by atoms with Crippen molar-refractivity contribution in [1.29, 1.82) is 0 Å². The fraction of sp³-hybridized carbons (Fsp3) is 0.167. The lowest BCUT2D eigenvalue weighted by Gasteiger charge is -2.23. The zero-order chi connectivity index (χ0) is 20.9. The first-order chi connectivity index (χ1) is 14.6. The smallest absolute Gasteiger partial charge is 0.265 e. The van der Waals surface area contributed by atoms with Gasteiger partial charge in [0.1, 0.15) is 11.5 Å². The van der Waals surface area contributed by atoms with Crippen molar-refractivity contribution in [2.24, 2.45) is 0 Å². The molecular formula is C24H22N2O4. The van der Waals surface area contributed by atoms with Gasteiger partial charge in [-0.3, -0.25) is 9.59 Å². The van der Waals surface area contributed by atoms with Crippen LogP contribution in [0.2, 0.25) is 0 Å². The van der Waals surface area contributed by atoms with Crippen molar-refractivity contribution in [3.8, 4) is 11.5 Å². The van der Waals surface area contributed by atoms with Crippen LogP contribution in [0.15, 0.2) is 72.8 Å². The van der Waals surface area contributed by atoms with E-state index in [4.69, 9.17) is 9.47 Å². The molecule has 4 rings (SSSR count). The molecule has 0 spiro atoms. The largest absolute Gasteiger partial charge is 0.483 e. The number of ether oxygens (including phenoxy) is 2. The molecule has 3 aromatic rings. The maximum absolute atomic E-state index is 12.4. The van der Waals surface area contributed by atoms with Crippen LogP contribution in [0.1, 0.15) is 18.1 Å². The van der Waals surface area contributed by atoms with E-state index in [9.17, 15) is 9.59 Å². The summed E-state index contributed by atoms with van der Waals surface area (Å²) in [5, 5.41) is 5.55. The molecule has 6 heteroatoms. The molecule has 0 bridgehead atoms. The number of benzene rings is 3. The second-order valence-electron chi connectivity index (χ2n) is 7.07. The Bertz CT molecular complexity index is 1070. The standard InChI is InChI=1S/C24H22N2O4/c1-16-24(28)26-20-14-19(11-12-22(20)30-16)25-23(27)15-29-21-10-6-5-9-18(21)13-17-7-3-2-4-8-17/h2-12,14,16H,13,15H2,1H3,(H,25,27)(H,26,28)/t16-/m0/s1. The average Bonchev–Trinajstić information content (AvgIpc) is 2.75. The van der Waals surface area contributed by atoms with Gasteiger partial charge >= 0.3 is 0 Å². The number of rotatable bonds is 6. The van der Waals surface area contributed by atoms with E-state index in [0.717, 1.165) is 12.0 Å².